The number of hydrogen-bond donors (Lipinski definition) is 1. The van der Waals surface area contributed by atoms with Gasteiger partial charge in [0.15, 0.2) is 0 Å². The van der Waals surface area contributed by atoms with Gasteiger partial charge < -0.3 is 10.1 Å². The van der Waals surface area contributed by atoms with Gasteiger partial charge in [0, 0.05) is 29.2 Å². The standard InChI is InChI=1S/C14H16BrN3O/c1-2-18-9-11(8-16-18)17-13-5-6-19-14-4-3-10(15)7-12(13)14/h3-4,7-9,13,17H,2,5-6H2,1H3. The van der Waals surface area contributed by atoms with Gasteiger partial charge in [-0.3, -0.25) is 4.68 Å². The maximum Gasteiger partial charge on any atom is 0.124 e. The molecule has 1 atom stereocenters. The molecule has 19 heavy (non-hydrogen) atoms. The first kappa shape index (κ1) is 12.5. The minimum absolute atomic E-state index is 0.274. The summed E-state index contributed by atoms with van der Waals surface area (Å²) in [6, 6.07) is 6.42. The third kappa shape index (κ3) is 2.61. The first-order valence-electron chi connectivity index (χ1n) is 6.47. The Bertz CT molecular complexity index is 582. The van der Waals surface area contributed by atoms with Crippen LogP contribution < -0.4 is 10.1 Å². The van der Waals surface area contributed by atoms with E-state index in [4.69, 9.17) is 4.74 Å². The van der Waals surface area contributed by atoms with Gasteiger partial charge in [0.05, 0.1) is 24.5 Å². The molecule has 1 aliphatic rings. The SMILES string of the molecule is CCn1cc(NC2CCOc3ccc(Br)cc32)cn1. The van der Waals surface area contributed by atoms with E-state index in [-0.39, 0.29) is 6.04 Å². The molecule has 0 radical (unpaired) electrons. The number of ether oxygens (including phenoxy) is 1. The summed E-state index contributed by atoms with van der Waals surface area (Å²) in [7, 11) is 0. The Morgan fingerprint density at radius 1 is 1.53 bits per heavy atom. The second kappa shape index (κ2) is 5.25. The highest BCUT2D eigenvalue weighted by Gasteiger charge is 2.21. The molecule has 2 heterocycles. The summed E-state index contributed by atoms with van der Waals surface area (Å²) in [5.74, 6) is 0.967. The fourth-order valence-electron chi connectivity index (χ4n) is 2.33. The van der Waals surface area contributed by atoms with Crippen molar-refractivity contribution in [2.45, 2.75) is 25.9 Å². The molecule has 0 saturated carbocycles. The Hall–Kier alpha value is -1.49. The predicted octanol–water partition coefficient (Wildman–Crippen LogP) is 3.60. The summed E-state index contributed by atoms with van der Waals surface area (Å²) < 4.78 is 8.69. The summed E-state index contributed by atoms with van der Waals surface area (Å²) in [6.07, 6.45) is 4.87. The van der Waals surface area contributed by atoms with Gasteiger partial charge in [-0.05, 0) is 25.1 Å². The van der Waals surface area contributed by atoms with Crippen LogP contribution >= 0.6 is 15.9 Å². The average Bonchev–Trinajstić information content (AvgIpc) is 2.87. The van der Waals surface area contributed by atoms with Crippen LogP contribution in [0.15, 0.2) is 35.1 Å². The van der Waals surface area contributed by atoms with Gasteiger partial charge in [-0.15, -0.1) is 0 Å². The van der Waals surface area contributed by atoms with E-state index in [0.717, 1.165) is 35.5 Å². The first-order chi connectivity index (χ1) is 9.26. The van der Waals surface area contributed by atoms with Crippen LogP contribution in [-0.4, -0.2) is 16.4 Å². The van der Waals surface area contributed by atoms with E-state index in [0.29, 0.717) is 0 Å². The largest absolute Gasteiger partial charge is 0.493 e. The second-order valence-corrected chi connectivity index (χ2v) is 5.52. The van der Waals surface area contributed by atoms with E-state index < -0.39 is 0 Å². The maximum absolute atomic E-state index is 5.69. The Kier molecular flexibility index (Phi) is 3.46. The molecule has 0 aliphatic carbocycles. The summed E-state index contributed by atoms with van der Waals surface area (Å²) in [6.45, 7) is 3.71. The van der Waals surface area contributed by atoms with Gasteiger partial charge in [0.2, 0.25) is 0 Å². The number of nitrogens with zero attached hydrogens (tertiary/aromatic N) is 2. The van der Waals surface area contributed by atoms with Gasteiger partial charge in [-0.2, -0.15) is 5.10 Å². The lowest BCUT2D eigenvalue weighted by atomic mass is 10.0. The highest BCUT2D eigenvalue weighted by Crippen LogP contribution is 2.35. The zero-order valence-electron chi connectivity index (χ0n) is 10.8. The van der Waals surface area contributed by atoms with E-state index in [9.17, 15) is 0 Å². The number of aryl methyl sites for hydroxylation is 1. The average molecular weight is 322 g/mol. The Morgan fingerprint density at radius 2 is 2.42 bits per heavy atom. The molecule has 0 fully saturated rings. The molecule has 4 nitrogen and oxygen atoms in total. The van der Waals surface area contributed by atoms with E-state index in [1.807, 2.05) is 29.2 Å². The molecule has 2 aromatic rings. The topological polar surface area (TPSA) is 39.1 Å². The van der Waals surface area contributed by atoms with E-state index in [1.165, 1.54) is 5.56 Å². The number of hydrogen-bond acceptors (Lipinski definition) is 3. The summed E-state index contributed by atoms with van der Waals surface area (Å²) in [5, 5.41) is 7.82. The van der Waals surface area contributed by atoms with Crippen molar-refractivity contribution in [1.29, 1.82) is 0 Å². The molecule has 1 N–H and O–H groups in total. The van der Waals surface area contributed by atoms with Crippen molar-refractivity contribution in [3.05, 3.63) is 40.6 Å². The molecule has 1 aromatic carbocycles. The smallest absolute Gasteiger partial charge is 0.124 e. The third-order valence-electron chi connectivity index (χ3n) is 3.31. The van der Waals surface area contributed by atoms with Crippen LogP contribution in [0, 0.1) is 0 Å². The van der Waals surface area contributed by atoms with Crippen LogP contribution in [0.1, 0.15) is 24.9 Å². The molecule has 100 valence electrons. The van der Waals surface area contributed by atoms with Crippen molar-refractivity contribution < 1.29 is 4.74 Å². The number of nitrogens with one attached hydrogen (secondary N) is 1. The van der Waals surface area contributed by atoms with Gasteiger partial charge in [-0.1, -0.05) is 15.9 Å². The molecule has 1 aromatic heterocycles. The number of fused-ring (bicyclic) bond motifs is 1. The van der Waals surface area contributed by atoms with E-state index in [1.54, 1.807) is 0 Å². The van der Waals surface area contributed by atoms with Crippen LogP contribution in [-0.2, 0) is 6.54 Å². The zero-order valence-corrected chi connectivity index (χ0v) is 12.4. The molecule has 1 unspecified atom stereocenters. The Labute approximate surface area is 120 Å². The zero-order chi connectivity index (χ0) is 13.2. The van der Waals surface area contributed by atoms with Crippen molar-refractivity contribution in [3.63, 3.8) is 0 Å². The molecule has 5 heteroatoms. The summed E-state index contributed by atoms with van der Waals surface area (Å²) >= 11 is 3.52. The maximum atomic E-state index is 5.69. The van der Waals surface area contributed by atoms with E-state index >= 15 is 0 Å². The van der Waals surface area contributed by atoms with Crippen molar-refractivity contribution in [2.24, 2.45) is 0 Å². The van der Waals surface area contributed by atoms with Gasteiger partial charge in [0.1, 0.15) is 5.75 Å². The third-order valence-corrected chi connectivity index (χ3v) is 3.80. The second-order valence-electron chi connectivity index (χ2n) is 4.60. The van der Waals surface area contributed by atoms with Gasteiger partial charge >= 0.3 is 0 Å². The van der Waals surface area contributed by atoms with Crippen LogP contribution in [0.2, 0.25) is 0 Å². The number of rotatable bonds is 3. The fraction of sp³-hybridized carbons (Fsp3) is 0.357. The molecular formula is C14H16BrN3O. The molecule has 0 spiro atoms. The lowest BCUT2D eigenvalue weighted by Gasteiger charge is -2.27. The number of benzene rings is 1. The van der Waals surface area contributed by atoms with Gasteiger partial charge in [-0.25, -0.2) is 0 Å². The molecule has 0 saturated heterocycles. The highest BCUT2D eigenvalue weighted by atomic mass is 79.9. The number of aromatic nitrogens is 2. The highest BCUT2D eigenvalue weighted by molar-refractivity contribution is 9.10. The Morgan fingerprint density at radius 3 is 3.21 bits per heavy atom. The minimum Gasteiger partial charge on any atom is -0.493 e. The Balaban J connectivity index is 1.84. The minimum atomic E-state index is 0.274. The van der Waals surface area contributed by atoms with Crippen LogP contribution in [0.5, 0.6) is 5.75 Å². The number of halogens is 1. The van der Waals surface area contributed by atoms with Crippen molar-refractivity contribution in [2.75, 3.05) is 11.9 Å². The summed E-state index contributed by atoms with van der Waals surface area (Å²) in [5.41, 5.74) is 2.25. The van der Waals surface area contributed by atoms with Crippen LogP contribution in [0.3, 0.4) is 0 Å². The summed E-state index contributed by atoms with van der Waals surface area (Å²) in [4.78, 5) is 0. The normalized spacial score (nSPS) is 17.7. The molecule has 3 rings (SSSR count). The van der Waals surface area contributed by atoms with Gasteiger partial charge in [0.25, 0.3) is 0 Å². The monoisotopic (exact) mass is 321 g/mol. The van der Waals surface area contributed by atoms with Crippen LogP contribution in [0.4, 0.5) is 5.69 Å². The lowest BCUT2D eigenvalue weighted by molar-refractivity contribution is 0.274. The van der Waals surface area contributed by atoms with Crippen molar-refractivity contribution in [1.82, 2.24) is 9.78 Å². The van der Waals surface area contributed by atoms with Crippen molar-refractivity contribution >= 4 is 21.6 Å². The molecule has 0 bridgehead atoms. The van der Waals surface area contributed by atoms with Crippen LogP contribution in [0.25, 0.3) is 0 Å². The molecule has 0 amide bonds. The van der Waals surface area contributed by atoms with E-state index in [2.05, 4.69) is 39.3 Å². The predicted molar refractivity (Wildman–Crippen MR) is 78.5 cm³/mol. The molecular weight excluding hydrogens is 306 g/mol. The quantitative estimate of drug-likeness (QED) is 0.938. The fourth-order valence-corrected chi connectivity index (χ4v) is 2.71. The van der Waals surface area contributed by atoms with Crippen molar-refractivity contribution in [3.8, 4) is 5.75 Å². The first-order valence-corrected chi connectivity index (χ1v) is 7.27. The lowest BCUT2D eigenvalue weighted by Crippen LogP contribution is -2.20. The number of anilines is 1. The molecule has 1 aliphatic heterocycles.